The van der Waals surface area contributed by atoms with Gasteiger partial charge in [0.1, 0.15) is 0 Å². The smallest absolute Gasteiger partial charge is 0.230 e. The molecular formula is C23H37FIN5O2. The lowest BCUT2D eigenvalue weighted by Gasteiger charge is -2.38. The first kappa shape index (κ1) is 26.6. The second-order valence-electron chi connectivity index (χ2n) is 8.82. The molecule has 0 aromatic heterocycles. The Hall–Kier alpha value is -1.62. The number of hydrogen-bond acceptors (Lipinski definition) is 4. The summed E-state index contributed by atoms with van der Waals surface area (Å²) in [6, 6.07) is 5.15. The molecule has 0 unspecified atom stereocenters. The summed E-state index contributed by atoms with van der Waals surface area (Å²) in [5.74, 6) is 1.02. The molecule has 1 aromatic rings. The van der Waals surface area contributed by atoms with Gasteiger partial charge in [0.05, 0.1) is 12.5 Å². The normalized spacial score (nSPS) is 18.8. The van der Waals surface area contributed by atoms with Crippen LogP contribution < -0.4 is 10.1 Å². The molecule has 0 atom stereocenters. The first-order chi connectivity index (χ1) is 14.9. The molecule has 2 fully saturated rings. The average Bonchev–Trinajstić information content (AvgIpc) is 3.25. The number of aliphatic imine (C=N–C) groups is 1. The first-order valence-electron chi connectivity index (χ1n) is 11.1. The third-order valence-corrected chi connectivity index (χ3v) is 6.51. The fourth-order valence-electron chi connectivity index (χ4n) is 4.76. The zero-order valence-electron chi connectivity index (χ0n) is 19.7. The number of rotatable bonds is 6. The minimum Gasteiger partial charge on any atom is -0.494 e. The predicted octanol–water partition coefficient (Wildman–Crippen LogP) is 2.79. The number of piperazine rings is 1. The quantitative estimate of drug-likeness (QED) is 0.329. The Morgan fingerprint density at radius 2 is 1.88 bits per heavy atom. The summed E-state index contributed by atoms with van der Waals surface area (Å²) in [4.78, 5) is 23.6. The predicted molar refractivity (Wildman–Crippen MR) is 136 cm³/mol. The van der Waals surface area contributed by atoms with E-state index in [2.05, 4.69) is 20.1 Å². The van der Waals surface area contributed by atoms with Crippen molar-refractivity contribution in [2.45, 2.75) is 32.2 Å². The fourth-order valence-corrected chi connectivity index (χ4v) is 4.76. The molecule has 0 bridgehead atoms. The lowest BCUT2D eigenvalue weighted by atomic mass is 9.84. The number of carbonyl (C=O) groups excluding carboxylic acids is 1. The van der Waals surface area contributed by atoms with E-state index in [0.29, 0.717) is 13.1 Å². The SMILES string of the molecule is CN=C(NCC1(C(=O)N(C)C)CCCC1)N1CCN(Cc2ccc(OC)c(F)c2)CC1.I. The van der Waals surface area contributed by atoms with Gasteiger partial charge in [-0.3, -0.25) is 14.7 Å². The van der Waals surface area contributed by atoms with Gasteiger partial charge in [-0.15, -0.1) is 24.0 Å². The van der Waals surface area contributed by atoms with Crippen LogP contribution in [0, 0.1) is 11.2 Å². The number of ether oxygens (including phenoxy) is 1. The van der Waals surface area contributed by atoms with E-state index in [-0.39, 0.29) is 46.9 Å². The van der Waals surface area contributed by atoms with Gasteiger partial charge < -0.3 is 19.9 Å². The molecule has 1 heterocycles. The molecule has 180 valence electrons. The van der Waals surface area contributed by atoms with Crippen molar-refractivity contribution < 1.29 is 13.9 Å². The van der Waals surface area contributed by atoms with Crippen molar-refractivity contribution >= 4 is 35.8 Å². The van der Waals surface area contributed by atoms with Gasteiger partial charge in [-0.2, -0.15) is 0 Å². The van der Waals surface area contributed by atoms with Crippen LogP contribution in [0.2, 0.25) is 0 Å². The lowest BCUT2D eigenvalue weighted by Crippen LogP contribution is -2.54. The third-order valence-electron chi connectivity index (χ3n) is 6.51. The van der Waals surface area contributed by atoms with Crippen molar-refractivity contribution in [3.8, 4) is 5.75 Å². The van der Waals surface area contributed by atoms with Gasteiger partial charge in [-0.05, 0) is 30.5 Å². The average molecular weight is 561 g/mol. The Kier molecular flexibility index (Phi) is 10.00. The molecule has 1 saturated heterocycles. The Bertz CT molecular complexity index is 791. The van der Waals surface area contributed by atoms with Gasteiger partial charge in [0.2, 0.25) is 5.91 Å². The highest BCUT2D eigenvalue weighted by Gasteiger charge is 2.42. The highest BCUT2D eigenvalue weighted by atomic mass is 127. The molecule has 2 aliphatic rings. The number of methoxy groups -OCH3 is 1. The summed E-state index contributed by atoms with van der Waals surface area (Å²) in [6.07, 6.45) is 4.06. The highest BCUT2D eigenvalue weighted by molar-refractivity contribution is 14.0. The fraction of sp³-hybridized carbons (Fsp3) is 0.652. The van der Waals surface area contributed by atoms with Gasteiger partial charge in [-0.25, -0.2) is 4.39 Å². The Balaban J connectivity index is 0.00000363. The van der Waals surface area contributed by atoms with Crippen molar-refractivity contribution in [2.75, 3.05) is 61.0 Å². The Morgan fingerprint density at radius 1 is 1.22 bits per heavy atom. The Labute approximate surface area is 208 Å². The summed E-state index contributed by atoms with van der Waals surface area (Å²) in [6.45, 7) is 4.76. The maximum Gasteiger partial charge on any atom is 0.230 e. The second kappa shape index (κ2) is 12.0. The topological polar surface area (TPSA) is 60.4 Å². The number of halogens is 2. The molecular weight excluding hydrogens is 524 g/mol. The largest absolute Gasteiger partial charge is 0.494 e. The molecule has 1 aromatic carbocycles. The van der Waals surface area contributed by atoms with Crippen LogP contribution >= 0.6 is 24.0 Å². The number of amides is 1. The molecule has 1 aliphatic heterocycles. The van der Waals surface area contributed by atoms with E-state index in [0.717, 1.165) is 63.4 Å². The zero-order chi connectivity index (χ0) is 22.4. The van der Waals surface area contributed by atoms with E-state index in [1.807, 2.05) is 20.2 Å². The number of carbonyl (C=O) groups is 1. The number of hydrogen-bond donors (Lipinski definition) is 1. The van der Waals surface area contributed by atoms with E-state index in [4.69, 9.17) is 4.74 Å². The summed E-state index contributed by atoms with van der Waals surface area (Å²) in [7, 11) is 6.95. The number of nitrogens with zero attached hydrogens (tertiary/aromatic N) is 4. The monoisotopic (exact) mass is 561 g/mol. The van der Waals surface area contributed by atoms with Crippen molar-refractivity contribution in [2.24, 2.45) is 10.4 Å². The summed E-state index contributed by atoms with van der Waals surface area (Å²) < 4.78 is 19.0. The van der Waals surface area contributed by atoms with Crippen LogP contribution in [0.5, 0.6) is 5.75 Å². The molecule has 1 N–H and O–H groups in total. The first-order valence-corrected chi connectivity index (χ1v) is 11.1. The van der Waals surface area contributed by atoms with Crippen molar-refractivity contribution in [1.82, 2.24) is 20.0 Å². The second-order valence-corrected chi connectivity index (χ2v) is 8.82. The summed E-state index contributed by atoms with van der Waals surface area (Å²) >= 11 is 0. The zero-order valence-corrected chi connectivity index (χ0v) is 22.0. The van der Waals surface area contributed by atoms with Gasteiger partial charge in [0.15, 0.2) is 17.5 Å². The van der Waals surface area contributed by atoms with Crippen LogP contribution in [0.15, 0.2) is 23.2 Å². The maximum absolute atomic E-state index is 14.0. The molecule has 1 amide bonds. The van der Waals surface area contributed by atoms with E-state index >= 15 is 0 Å². The van der Waals surface area contributed by atoms with Crippen LogP contribution in [0.4, 0.5) is 4.39 Å². The van der Waals surface area contributed by atoms with Crippen molar-refractivity contribution in [3.63, 3.8) is 0 Å². The van der Waals surface area contributed by atoms with E-state index in [1.165, 1.54) is 7.11 Å². The minimum absolute atomic E-state index is 0. The lowest BCUT2D eigenvalue weighted by molar-refractivity contribution is -0.138. The van der Waals surface area contributed by atoms with Crippen LogP contribution in [0.25, 0.3) is 0 Å². The molecule has 7 nitrogen and oxygen atoms in total. The van der Waals surface area contributed by atoms with E-state index in [9.17, 15) is 9.18 Å². The van der Waals surface area contributed by atoms with E-state index in [1.54, 1.807) is 24.1 Å². The third kappa shape index (κ3) is 6.24. The molecule has 32 heavy (non-hydrogen) atoms. The molecule has 0 radical (unpaired) electrons. The Morgan fingerprint density at radius 3 is 2.41 bits per heavy atom. The van der Waals surface area contributed by atoms with Gasteiger partial charge >= 0.3 is 0 Å². The van der Waals surface area contributed by atoms with Crippen molar-refractivity contribution in [1.29, 1.82) is 0 Å². The number of benzene rings is 1. The molecule has 9 heteroatoms. The molecule has 1 saturated carbocycles. The number of nitrogens with one attached hydrogen (secondary N) is 1. The van der Waals surface area contributed by atoms with Crippen LogP contribution in [-0.2, 0) is 11.3 Å². The van der Waals surface area contributed by atoms with Crippen molar-refractivity contribution in [3.05, 3.63) is 29.6 Å². The maximum atomic E-state index is 14.0. The van der Waals surface area contributed by atoms with Crippen LogP contribution in [0.1, 0.15) is 31.2 Å². The number of guanidine groups is 1. The van der Waals surface area contributed by atoms with Crippen LogP contribution in [0.3, 0.4) is 0 Å². The van der Waals surface area contributed by atoms with E-state index < -0.39 is 0 Å². The molecule has 0 spiro atoms. The van der Waals surface area contributed by atoms with Gasteiger partial charge in [-0.1, -0.05) is 18.9 Å². The molecule has 3 rings (SSSR count). The van der Waals surface area contributed by atoms with Gasteiger partial charge in [0, 0.05) is 60.4 Å². The standard InChI is InChI=1S/C23H36FN5O2.HI/c1-25-22(26-17-23(9-5-6-10-23)21(30)27(2)3)29-13-11-28(12-14-29)16-18-7-8-20(31-4)19(24)15-18;/h7-8,15H,5-6,9-14,16-17H2,1-4H3,(H,25,26);1H. The summed E-state index contributed by atoms with van der Waals surface area (Å²) in [5, 5.41) is 3.49. The van der Waals surface area contributed by atoms with Crippen LogP contribution in [-0.4, -0.2) is 87.5 Å². The highest BCUT2D eigenvalue weighted by Crippen LogP contribution is 2.39. The van der Waals surface area contributed by atoms with Gasteiger partial charge in [0.25, 0.3) is 0 Å². The molecule has 1 aliphatic carbocycles. The minimum atomic E-state index is -0.323. The summed E-state index contributed by atoms with van der Waals surface area (Å²) in [5.41, 5.74) is 0.624.